The molecule has 1 heterocycles. The van der Waals surface area contributed by atoms with Crippen LogP contribution in [-0.4, -0.2) is 50.1 Å². The minimum absolute atomic E-state index is 0.697. The zero-order valence-corrected chi connectivity index (χ0v) is 14.0. The molecule has 1 atom stereocenters. The van der Waals surface area contributed by atoms with Gasteiger partial charge in [0.05, 0.1) is 0 Å². The summed E-state index contributed by atoms with van der Waals surface area (Å²) in [6, 6.07) is 10.8. The first-order valence-corrected chi connectivity index (χ1v) is 8.60. The van der Waals surface area contributed by atoms with Gasteiger partial charge in [-0.25, -0.2) is 0 Å². The third-order valence-electron chi connectivity index (χ3n) is 4.13. The molecular weight excluding hydrogens is 272 g/mol. The normalized spacial score (nSPS) is 18.2. The lowest BCUT2D eigenvalue weighted by molar-refractivity contribution is 0.329. The lowest BCUT2D eigenvalue weighted by Gasteiger charge is -2.16. The van der Waals surface area contributed by atoms with Crippen LogP contribution in [0.2, 0.25) is 0 Å². The van der Waals surface area contributed by atoms with Crippen molar-refractivity contribution in [3.8, 4) is 0 Å². The molecule has 0 bridgehead atoms. The smallest absolute Gasteiger partial charge is 0.191 e. The molecule has 2 N–H and O–H groups in total. The van der Waals surface area contributed by atoms with E-state index in [2.05, 4.69) is 59.7 Å². The van der Waals surface area contributed by atoms with Gasteiger partial charge in [-0.3, -0.25) is 4.99 Å². The van der Waals surface area contributed by atoms with E-state index in [1.807, 2.05) is 0 Å². The zero-order valence-electron chi connectivity index (χ0n) is 14.0. The molecule has 22 heavy (non-hydrogen) atoms. The summed E-state index contributed by atoms with van der Waals surface area (Å²) in [5.41, 5.74) is 1.44. The molecule has 0 aromatic heterocycles. The van der Waals surface area contributed by atoms with Crippen molar-refractivity contribution in [3.05, 3.63) is 35.9 Å². The number of hydrogen-bond donors (Lipinski definition) is 2. The molecule has 0 amide bonds. The standard InChI is InChI=1S/C18H30N4/c1-3-19-18(20-4-2)21-14-17-11-13-22(15-17)12-10-16-8-6-5-7-9-16/h5-9,17H,3-4,10-15H2,1-2H3,(H2,19,20,21). The number of nitrogens with one attached hydrogen (secondary N) is 2. The van der Waals surface area contributed by atoms with Gasteiger partial charge in [-0.1, -0.05) is 30.3 Å². The highest BCUT2D eigenvalue weighted by Gasteiger charge is 2.21. The van der Waals surface area contributed by atoms with Crippen LogP contribution in [0.15, 0.2) is 35.3 Å². The predicted octanol–water partition coefficient (Wildman–Crippen LogP) is 2.13. The van der Waals surface area contributed by atoms with E-state index in [0.717, 1.165) is 38.6 Å². The van der Waals surface area contributed by atoms with E-state index in [9.17, 15) is 0 Å². The number of likely N-dealkylation sites (tertiary alicyclic amines) is 1. The van der Waals surface area contributed by atoms with Crippen LogP contribution in [0.5, 0.6) is 0 Å². The van der Waals surface area contributed by atoms with Crippen molar-refractivity contribution in [2.24, 2.45) is 10.9 Å². The SMILES string of the molecule is CCNC(=NCC1CCN(CCc2ccccc2)C1)NCC. The largest absolute Gasteiger partial charge is 0.357 e. The Morgan fingerprint density at radius 2 is 1.91 bits per heavy atom. The molecule has 122 valence electrons. The van der Waals surface area contributed by atoms with Crippen molar-refractivity contribution in [1.82, 2.24) is 15.5 Å². The fourth-order valence-electron chi connectivity index (χ4n) is 2.93. The topological polar surface area (TPSA) is 39.7 Å². The lowest BCUT2D eigenvalue weighted by atomic mass is 10.1. The van der Waals surface area contributed by atoms with Gasteiger partial charge in [0.25, 0.3) is 0 Å². The van der Waals surface area contributed by atoms with Crippen LogP contribution in [0, 0.1) is 5.92 Å². The lowest BCUT2D eigenvalue weighted by Crippen LogP contribution is -2.37. The Morgan fingerprint density at radius 3 is 2.59 bits per heavy atom. The molecule has 1 aromatic rings. The summed E-state index contributed by atoms with van der Waals surface area (Å²) < 4.78 is 0. The molecule has 4 heteroatoms. The first-order valence-electron chi connectivity index (χ1n) is 8.60. The van der Waals surface area contributed by atoms with E-state index in [-0.39, 0.29) is 0 Å². The summed E-state index contributed by atoms with van der Waals surface area (Å²) in [6.45, 7) is 10.5. The Hall–Kier alpha value is -1.55. The van der Waals surface area contributed by atoms with Crippen LogP contribution in [0.3, 0.4) is 0 Å². The van der Waals surface area contributed by atoms with Gasteiger partial charge in [-0.2, -0.15) is 0 Å². The molecule has 0 saturated carbocycles. The van der Waals surface area contributed by atoms with Gasteiger partial charge < -0.3 is 15.5 Å². The van der Waals surface area contributed by atoms with Crippen LogP contribution in [0.4, 0.5) is 0 Å². The summed E-state index contributed by atoms with van der Waals surface area (Å²) in [5.74, 6) is 1.65. The Balaban J connectivity index is 1.71. The van der Waals surface area contributed by atoms with Crippen molar-refractivity contribution in [3.63, 3.8) is 0 Å². The summed E-state index contributed by atoms with van der Waals surface area (Å²) in [5, 5.41) is 6.58. The van der Waals surface area contributed by atoms with Crippen LogP contribution in [-0.2, 0) is 6.42 Å². The molecular formula is C18H30N4. The minimum atomic E-state index is 0.697. The van der Waals surface area contributed by atoms with Gasteiger partial charge >= 0.3 is 0 Å². The number of hydrogen-bond acceptors (Lipinski definition) is 2. The zero-order chi connectivity index (χ0) is 15.6. The number of aliphatic imine (C=N–C) groups is 1. The van der Waals surface area contributed by atoms with Gasteiger partial charge in [0, 0.05) is 32.7 Å². The van der Waals surface area contributed by atoms with Gasteiger partial charge in [0.1, 0.15) is 0 Å². The van der Waals surface area contributed by atoms with E-state index in [1.54, 1.807) is 0 Å². The molecule has 1 saturated heterocycles. The fraction of sp³-hybridized carbons (Fsp3) is 0.611. The van der Waals surface area contributed by atoms with E-state index in [0.29, 0.717) is 5.92 Å². The molecule has 1 fully saturated rings. The average Bonchev–Trinajstić information content (AvgIpc) is 3.00. The molecule has 1 aromatic carbocycles. The van der Waals surface area contributed by atoms with Crippen LogP contribution >= 0.6 is 0 Å². The van der Waals surface area contributed by atoms with Gasteiger partial charge in [-0.05, 0) is 44.7 Å². The monoisotopic (exact) mass is 302 g/mol. The molecule has 1 unspecified atom stereocenters. The summed E-state index contributed by atoms with van der Waals surface area (Å²) >= 11 is 0. The van der Waals surface area contributed by atoms with Gasteiger partial charge in [0.15, 0.2) is 5.96 Å². The third-order valence-corrected chi connectivity index (χ3v) is 4.13. The third kappa shape index (κ3) is 5.68. The number of benzene rings is 1. The average molecular weight is 302 g/mol. The molecule has 0 radical (unpaired) electrons. The van der Waals surface area contributed by atoms with Crippen LogP contribution in [0.25, 0.3) is 0 Å². The van der Waals surface area contributed by atoms with Gasteiger partial charge in [-0.15, -0.1) is 0 Å². The Kier molecular flexibility index (Phi) is 7.23. The fourth-order valence-corrected chi connectivity index (χ4v) is 2.93. The van der Waals surface area contributed by atoms with Crippen molar-refractivity contribution < 1.29 is 0 Å². The van der Waals surface area contributed by atoms with E-state index in [1.165, 1.54) is 25.1 Å². The Labute approximate surface area is 135 Å². The maximum atomic E-state index is 4.71. The number of rotatable bonds is 7. The molecule has 2 rings (SSSR count). The summed E-state index contributed by atoms with van der Waals surface area (Å²) in [7, 11) is 0. The first-order chi connectivity index (χ1) is 10.8. The van der Waals surface area contributed by atoms with E-state index < -0.39 is 0 Å². The predicted molar refractivity (Wildman–Crippen MR) is 94.3 cm³/mol. The van der Waals surface area contributed by atoms with Crippen LogP contribution in [0.1, 0.15) is 25.8 Å². The van der Waals surface area contributed by atoms with Crippen molar-refractivity contribution in [1.29, 1.82) is 0 Å². The number of nitrogens with zero attached hydrogens (tertiary/aromatic N) is 2. The Bertz CT molecular complexity index is 436. The van der Waals surface area contributed by atoms with Gasteiger partial charge in [0.2, 0.25) is 0 Å². The highest BCUT2D eigenvalue weighted by Crippen LogP contribution is 2.17. The first kappa shape index (κ1) is 16.8. The van der Waals surface area contributed by atoms with E-state index in [4.69, 9.17) is 4.99 Å². The van der Waals surface area contributed by atoms with E-state index >= 15 is 0 Å². The number of guanidine groups is 1. The highest BCUT2D eigenvalue weighted by molar-refractivity contribution is 5.79. The maximum Gasteiger partial charge on any atom is 0.191 e. The minimum Gasteiger partial charge on any atom is -0.357 e. The molecule has 0 spiro atoms. The molecule has 1 aliphatic rings. The summed E-state index contributed by atoms with van der Waals surface area (Å²) in [6.07, 6.45) is 2.42. The van der Waals surface area contributed by atoms with Crippen LogP contribution < -0.4 is 10.6 Å². The van der Waals surface area contributed by atoms with Crippen molar-refractivity contribution >= 4 is 5.96 Å². The second-order valence-electron chi connectivity index (χ2n) is 5.94. The molecule has 0 aliphatic carbocycles. The molecule has 4 nitrogen and oxygen atoms in total. The Morgan fingerprint density at radius 1 is 1.18 bits per heavy atom. The quantitative estimate of drug-likeness (QED) is 0.599. The second kappa shape index (κ2) is 9.46. The molecule has 1 aliphatic heterocycles. The summed E-state index contributed by atoms with van der Waals surface area (Å²) in [4.78, 5) is 7.28. The van der Waals surface area contributed by atoms with Crippen molar-refractivity contribution in [2.75, 3.05) is 39.3 Å². The second-order valence-corrected chi connectivity index (χ2v) is 5.94. The maximum absolute atomic E-state index is 4.71. The highest BCUT2D eigenvalue weighted by atomic mass is 15.2. The van der Waals surface area contributed by atoms with Crippen molar-refractivity contribution in [2.45, 2.75) is 26.7 Å².